The molecule has 0 saturated heterocycles. The first-order valence-electron chi connectivity index (χ1n) is 6.05. The van der Waals surface area contributed by atoms with Gasteiger partial charge in [-0.2, -0.15) is 0 Å². The SMILES string of the molecule is C/C=C(Cl)\C(Cl)=C(/C)NC(=O)C1CCCCC1. The number of halogens is 2. The zero-order valence-corrected chi connectivity index (χ0v) is 11.9. The molecule has 17 heavy (non-hydrogen) atoms. The summed E-state index contributed by atoms with van der Waals surface area (Å²) in [5, 5.41) is 3.73. The van der Waals surface area contributed by atoms with Gasteiger partial charge in [-0.3, -0.25) is 4.79 Å². The average molecular weight is 276 g/mol. The van der Waals surface area contributed by atoms with Crippen LogP contribution < -0.4 is 5.32 Å². The van der Waals surface area contributed by atoms with Crippen LogP contribution in [0.25, 0.3) is 0 Å². The molecule has 0 aromatic rings. The highest BCUT2D eigenvalue weighted by Crippen LogP contribution is 2.25. The minimum absolute atomic E-state index is 0.0703. The van der Waals surface area contributed by atoms with Crippen molar-refractivity contribution < 1.29 is 4.79 Å². The maximum atomic E-state index is 12.0. The minimum atomic E-state index is 0.0703. The van der Waals surface area contributed by atoms with E-state index in [0.29, 0.717) is 15.8 Å². The molecule has 0 atom stereocenters. The molecule has 0 heterocycles. The lowest BCUT2D eigenvalue weighted by Gasteiger charge is -2.21. The van der Waals surface area contributed by atoms with Crippen LogP contribution in [0.1, 0.15) is 46.0 Å². The quantitative estimate of drug-likeness (QED) is 0.765. The fraction of sp³-hybridized carbons (Fsp3) is 0.615. The van der Waals surface area contributed by atoms with Crippen molar-refractivity contribution in [3.63, 3.8) is 0 Å². The van der Waals surface area contributed by atoms with Gasteiger partial charge in [0.2, 0.25) is 5.91 Å². The average Bonchev–Trinajstić information content (AvgIpc) is 2.37. The molecule has 1 amide bonds. The van der Waals surface area contributed by atoms with Gasteiger partial charge in [0.1, 0.15) is 0 Å². The number of nitrogens with one attached hydrogen (secondary N) is 1. The number of rotatable bonds is 3. The highest BCUT2D eigenvalue weighted by molar-refractivity contribution is 6.44. The van der Waals surface area contributed by atoms with Crippen molar-refractivity contribution >= 4 is 29.1 Å². The van der Waals surface area contributed by atoms with Gasteiger partial charge in [-0.05, 0) is 26.7 Å². The van der Waals surface area contributed by atoms with Gasteiger partial charge >= 0.3 is 0 Å². The molecule has 1 aliphatic carbocycles. The summed E-state index contributed by atoms with van der Waals surface area (Å²) in [5.41, 5.74) is 0.630. The van der Waals surface area contributed by atoms with Gasteiger partial charge in [-0.1, -0.05) is 48.5 Å². The third-order valence-corrected chi connectivity index (χ3v) is 4.07. The lowest BCUT2D eigenvalue weighted by molar-refractivity contribution is -0.125. The van der Waals surface area contributed by atoms with Gasteiger partial charge in [0.15, 0.2) is 0 Å². The molecule has 0 aromatic heterocycles. The maximum absolute atomic E-state index is 12.0. The Morgan fingerprint density at radius 2 is 1.82 bits per heavy atom. The van der Waals surface area contributed by atoms with Crippen LogP contribution in [0.3, 0.4) is 0 Å². The number of carbonyl (C=O) groups excluding carboxylic acids is 1. The zero-order valence-electron chi connectivity index (χ0n) is 10.4. The van der Waals surface area contributed by atoms with Crippen LogP contribution in [0.5, 0.6) is 0 Å². The van der Waals surface area contributed by atoms with Crippen LogP contribution in [0, 0.1) is 5.92 Å². The van der Waals surface area contributed by atoms with Crippen molar-refractivity contribution in [1.29, 1.82) is 0 Å². The Kier molecular flexibility index (Phi) is 6.07. The molecule has 0 aliphatic heterocycles. The van der Waals surface area contributed by atoms with E-state index in [2.05, 4.69) is 5.32 Å². The molecule has 1 N–H and O–H groups in total. The number of hydrogen-bond donors (Lipinski definition) is 1. The third-order valence-electron chi connectivity index (χ3n) is 3.08. The first kappa shape index (κ1) is 14.6. The third kappa shape index (κ3) is 4.36. The molecule has 4 heteroatoms. The summed E-state index contributed by atoms with van der Waals surface area (Å²) in [5.74, 6) is 0.202. The van der Waals surface area contributed by atoms with Crippen molar-refractivity contribution in [2.24, 2.45) is 5.92 Å². The monoisotopic (exact) mass is 275 g/mol. The van der Waals surface area contributed by atoms with E-state index in [1.807, 2.05) is 0 Å². The molecule has 0 aromatic carbocycles. The number of allylic oxidation sites excluding steroid dienone is 4. The summed E-state index contributed by atoms with van der Waals surface area (Å²) in [7, 11) is 0. The lowest BCUT2D eigenvalue weighted by atomic mass is 9.88. The van der Waals surface area contributed by atoms with Crippen LogP contribution in [-0.4, -0.2) is 5.91 Å². The van der Waals surface area contributed by atoms with E-state index in [-0.39, 0.29) is 11.8 Å². The summed E-state index contributed by atoms with van der Waals surface area (Å²) in [6.07, 6.45) is 7.19. The molecule has 2 nitrogen and oxygen atoms in total. The van der Waals surface area contributed by atoms with Crippen LogP contribution >= 0.6 is 23.2 Å². The molecule has 96 valence electrons. The van der Waals surface area contributed by atoms with E-state index in [1.165, 1.54) is 6.42 Å². The lowest BCUT2D eigenvalue weighted by Crippen LogP contribution is -2.31. The predicted molar refractivity (Wildman–Crippen MR) is 72.9 cm³/mol. The van der Waals surface area contributed by atoms with Crippen molar-refractivity contribution in [1.82, 2.24) is 5.32 Å². The predicted octanol–water partition coefficient (Wildman–Crippen LogP) is 4.30. The minimum Gasteiger partial charge on any atom is -0.328 e. The molecular weight excluding hydrogens is 257 g/mol. The van der Waals surface area contributed by atoms with E-state index in [0.717, 1.165) is 25.7 Å². The van der Waals surface area contributed by atoms with Crippen LogP contribution in [0.2, 0.25) is 0 Å². The summed E-state index contributed by atoms with van der Waals surface area (Å²) in [6, 6.07) is 0. The Balaban J connectivity index is 2.61. The Hall–Kier alpha value is -0.470. The van der Waals surface area contributed by atoms with Gasteiger partial charge in [0.25, 0.3) is 0 Å². The number of hydrogen-bond acceptors (Lipinski definition) is 1. The first-order chi connectivity index (χ1) is 8.06. The maximum Gasteiger partial charge on any atom is 0.227 e. The fourth-order valence-electron chi connectivity index (χ4n) is 2.01. The number of amides is 1. The largest absolute Gasteiger partial charge is 0.328 e. The smallest absolute Gasteiger partial charge is 0.227 e. The molecular formula is C13H19Cl2NO. The molecule has 0 bridgehead atoms. The Morgan fingerprint density at radius 3 is 2.35 bits per heavy atom. The van der Waals surface area contributed by atoms with Crippen LogP contribution in [0.4, 0.5) is 0 Å². The molecule has 1 aliphatic rings. The molecule has 0 radical (unpaired) electrons. The summed E-state index contributed by atoms with van der Waals surface area (Å²) in [4.78, 5) is 12.0. The normalized spacial score (nSPS) is 19.9. The fourth-order valence-corrected chi connectivity index (χ4v) is 2.31. The van der Waals surface area contributed by atoms with Crippen molar-refractivity contribution in [3.8, 4) is 0 Å². The van der Waals surface area contributed by atoms with Crippen LogP contribution in [0.15, 0.2) is 21.8 Å². The van der Waals surface area contributed by atoms with Gasteiger partial charge in [0.05, 0.1) is 10.1 Å². The Labute approximate surface area is 113 Å². The Bertz CT molecular complexity index is 341. The number of carbonyl (C=O) groups is 1. The molecule has 1 saturated carbocycles. The topological polar surface area (TPSA) is 29.1 Å². The second-order valence-electron chi connectivity index (χ2n) is 4.40. The van der Waals surface area contributed by atoms with Gasteiger partial charge in [-0.25, -0.2) is 0 Å². The molecule has 1 rings (SSSR count). The summed E-state index contributed by atoms with van der Waals surface area (Å²) in [6.45, 7) is 3.58. The second kappa shape index (κ2) is 7.07. The van der Waals surface area contributed by atoms with E-state index in [4.69, 9.17) is 23.2 Å². The molecule has 0 spiro atoms. The summed E-state index contributed by atoms with van der Waals surface area (Å²) >= 11 is 11.9. The van der Waals surface area contributed by atoms with E-state index in [1.54, 1.807) is 19.9 Å². The molecule has 1 fully saturated rings. The van der Waals surface area contributed by atoms with Crippen molar-refractivity contribution in [3.05, 3.63) is 21.8 Å². The Morgan fingerprint density at radius 1 is 1.24 bits per heavy atom. The van der Waals surface area contributed by atoms with E-state index >= 15 is 0 Å². The second-order valence-corrected chi connectivity index (χ2v) is 5.18. The van der Waals surface area contributed by atoms with E-state index in [9.17, 15) is 4.79 Å². The summed E-state index contributed by atoms with van der Waals surface area (Å²) < 4.78 is 0. The zero-order chi connectivity index (χ0) is 12.8. The van der Waals surface area contributed by atoms with Crippen molar-refractivity contribution in [2.45, 2.75) is 46.0 Å². The highest BCUT2D eigenvalue weighted by Gasteiger charge is 2.21. The van der Waals surface area contributed by atoms with Crippen molar-refractivity contribution in [2.75, 3.05) is 0 Å². The van der Waals surface area contributed by atoms with Gasteiger partial charge in [0, 0.05) is 11.6 Å². The van der Waals surface area contributed by atoms with E-state index < -0.39 is 0 Å². The molecule has 0 unspecified atom stereocenters. The van der Waals surface area contributed by atoms with Gasteiger partial charge in [-0.15, -0.1) is 0 Å². The van der Waals surface area contributed by atoms with Gasteiger partial charge < -0.3 is 5.32 Å². The van der Waals surface area contributed by atoms with Crippen LogP contribution in [-0.2, 0) is 4.79 Å². The highest BCUT2D eigenvalue weighted by atomic mass is 35.5. The first-order valence-corrected chi connectivity index (χ1v) is 6.81. The standard InChI is InChI=1S/C13H19Cl2NO/c1-3-11(14)12(15)9(2)16-13(17)10-7-5-4-6-8-10/h3,10H,4-8H2,1-2H3,(H,16,17)/b11-3+,12-9-.